The Morgan fingerprint density at radius 3 is 2.95 bits per heavy atom. The van der Waals surface area contributed by atoms with E-state index in [0.29, 0.717) is 13.0 Å². The van der Waals surface area contributed by atoms with Crippen molar-refractivity contribution in [2.75, 3.05) is 25.0 Å². The van der Waals surface area contributed by atoms with Gasteiger partial charge in [-0.1, -0.05) is 6.07 Å². The lowest BCUT2D eigenvalue weighted by atomic mass is 9.98. The van der Waals surface area contributed by atoms with Crippen molar-refractivity contribution in [2.24, 2.45) is 5.92 Å². The van der Waals surface area contributed by atoms with Gasteiger partial charge in [-0.3, -0.25) is 14.5 Å². The molecule has 2 rings (SSSR count). The maximum absolute atomic E-state index is 12.0. The van der Waals surface area contributed by atoms with E-state index < -0.39 is 5.97 Å². The Kier molecular flexibility index (Phi) is 5.36. The number of nitrogens with zero attached hydrogens (tertiary/aromatic N) is 1. The van der Waals surface area contributed by atoms with Gasteiger partial charge in [0.25, 0.3) is 0 Å². The molecule has 1 aliphatic heterocycles. The van der Waals surface area contributed by atoms with Crippen molar-refractivity contribution in [1.82, 2.24) is 4.90 Å². The van der Waals surface area contributed by atoms with Crippen LogP contribution in [-0.2, 0) is 9.59 Å². The first-order chi connectivity index (χ1) is 9.54. The molecule has 1 amide bonds. The predicted molar refractivity (Wildman–Crippen MR) is 84.6 cm³/mol. The summed E-state index contributed by atoms with van der Waals surface area (Å²) >= 11 is 2.19. The smallest absolute Gasteiger partial charge is 0.307 e. The highest BCUT2D eigenvalue weighted by Crippen LogP contribution is 2.17. The molecule has 1 fully saturated rings. The van der Waals surface area contributed by atoms with E-state index in [0.717, 1.165) is 22.2 Å². The van der Waals surface area contributed by atoms with E-state index in [9.17, 15) is 9.59 Å². The van der Waals surface area contributed by atoms with Crippen molar-refractivity contribution in [2.45, 2.75) is 12.8 Å². The van der Waals surface area contributed by atoms with Crippen LogP contribution < -0.4 is 5.32 Å². The maximum atomic E-state index is 12.0. The van der Waals surface area contributed by atoms with E-state index >= 15 is 0 Å². The van der Waals surface area contributed by atoms with Gasteiger partial charge in [0, 0.05) is 15.8 Å². The van der Waals surface area contributed by atoms with Crippen LogP contribution in [0.1, 0.15) is 12.8 Å². The van der Waals surface area contributed by atoms with Gasteiger partial charge in [-0.25, -0.2) is 0 Å². The summed E-state index contributed by atoms with van der Waals surface area (Å²) in [6.07, 6.45) is 1.53. The van der Waals surface area contributed by atoms with E-state index in [1.807, 2.05) is 29.2 Å². The summed E-state index contributed by atoms with van der Waals surface area (Å²) in [5, 5.41) is 11.9. The summed E-state index contributed by atoms with van der Waals surface area (Å²) in [4.78, 5) is 24.9. The monoisotopic (exact) mass is 388 g/mol. The number of anilines is 1. The number of carbonyl (C=O) groups excluding carboxylic acids is 1. The third kappa shape index (κ3) is 4.45. The van der Waals surface area contributed by atoms with Gasteiger partial charge >= 0.3 is 5.97 Å². The average molecular weight is 388 g/mol. The second-order valence-electron chi connectivity index (χ2n) is 4.97. The number of carboxylic acid groups (broad SMARTS) is 1. The number of aliphatic carboxylic acids is 1. The number of halogens is 1. The number of piperidine rings is 1. The number of carbonyl (C=O) groups is 2. The van der Waals surface area contributed by atoms with E-state index in [4.69, 9.17) is 5.11 Å². The summed E-state index contributed by atoms with van der Waals surface area (Å²) in [5.74, 6) is -1.22. The zero-order valence-corrected chi connectivity index (χ0v) is 13.2. The molecule has 2 N–H and O–H groups in total. The zero-order chi connectivity index (χ0) is 14.5. The van der Waals surface area contributed by atoms with Crippen molar-refractivity contribution < 1.29 is 14.7 Å². The molecule has 0 aliphatic carbocycles. The van der Waals surface area contributed by atoms with Gasteiger partial charge in [0.05, 0.1) is 12.5 Å². The van der Waals surface area contributed by atoms with Crippen LogP contribution in [0, 0.1) is 9.49 Å². The first-order valence-electron chi connectivity index (χ1n) is 6.55. The first kappa shape index (κ1) is 15.2. The molecule has 0 aromatic heterocycles. The average Bonchev–Trinajstić information content (AvgIpc) is 2.38. The van der Waals surface area contributed by atoms with E-state index in [2.05, 4.69) is 27.9 Å². The number of benzene rings is 1. The summed E-state index contributed by atoms with van der Waals surface area (Å²) in [5.41, 5.74) is 0.772. The second kappa shape index (κ2) is 7.03. The van der Waals surface area contributed by atoms with Gasteiger partial charge in [-0.05, 0) is 60.2 Å². The van der Waals surface area contributed by atoms with E-state index in [1.54, 1.807) is 0 Å². The molecular weight excluding hydrogens is 371 g/mol. The van der Waals surface area contributed by atoms with E-state index in [1.165, 1.54) is 0 Å². The molecule has 0 saturated carbocycles. The minimum atomic E-state index is -0.771. The highest BCUT2D eigenvalue weighted by Gasteiger charge is 2.26. The lowest BCUT2D eigenvalue weighted by Gasteiger charge is -2.29. The van der Waals surface area contributed by atoms with E-state index in [-0.39, 0.29) is 18.4 Å². The van der Waals surface area contributed by atoms with Gasteiger partial charge in [0.2, 0.25) is 5.91 Å². The fourth-order valence-corrected chi connectivity index (χ4v) is 2.91. The standard InChI is InChI=1S/C14H17IN2O3/c15-11-4-1-5-12(7-11)16-13(18)9-17-6-2-3-10(8-17)14(19)20/h1,4-5,7,10H,2-3,6,8-9H2,(H,16,18)(H,19,20). The fraction of sp³-hybridized carbons (Fsp3) is 0.429. The van der Waals surface area contributed by atoms with Crippen LogP contribution in [0.15, 0.2) is 24.3 Å². The minimum Gasteiger partial charge on any atom is -0.481 e. The van der Waals surface area contributed by atoms with Crippen molar-refractivity contribution in [3.63, 3.8) is 0 Å². The van der Waals surface area contributed by atoms with Gasteiger partial charge < -0.3 is 10.4 Å². The molecule has 5 nitrogen and oxygen atoms in total. The van der Waals surface area contributed by atoms with Crippen LogP contribution >= 0.6 is 22.6 Å². The van der Waals surface area contributed by atoms with Gasteiger partial charge in [-0.2, -0.15) is 0 Å². The third-order valence-electron chi connectivity index (χ3n) is 3.33. The van der Waals surface area contributed by atoms with Crippen LogP contribution in [0.4, 0.5) is 5.69 Å². The van der Waals surface area contributed by atoms with Crippen LogP contribution in [0.3, 0.4) is 0 Å². The highest BCUT2D eigenvalue weighted by atomic mass is 127. The van der Waals surface area contributed by atoms with Crippen molar-refractivity contribution in [1.29, 1.82) is 0 Å². The Hall–Kier alpha value is -1.15. The molecule has 1 atom stereocenters. The molecule has 6 heteroatoms. The number of rotatable bonds is 4. The van der Waals surface area contributed by atoms with Crippen LogP contribution in [0.25, 0.3) is 0 Å². The lowest BCUT2D eigenvalue weighted by Crippen LogP contribution is -2.42. The summed E-state index contributed by atoms with van der Waals surface area (Å²) in [7, 11) is 0. The van der Waals surface area contributed by atoms with Crippen LogP contribution in [-0.4, -0.2) is 41.5 Å². The van der Waals surface area contributed by atoms with Crippen molar-refractivity contribution >= 4 is 40.2 Å². The highest BCUT2D eigenvalue weighted by molar-refractivity contribution is 14.1. The first-order valence-corrected chi connectivity index (χ1v) is 7.63. The Morgan fingerprint density at radius 1 is 1.45 bits per heavy atom. The summed E-state index contributed by atoms with van der Waals surface area (Å²) in [6, 6.07) is 7.59. The van der Waals surface area contributed by atoms with Gasteiger partial charge in [-0.15, -0.1) is 0 Å². The molecule has 20 heavy (non-hydrogen) atoms. The Bertz CT molecular complexity index is 507. The van der Waals surface area contributed by atoms with Gasteiger partial charge in [0.1, 0.15) is 0 Å². The van der Waals surface area contributed by atoms with Crippen LogP contribution in [0.2, 0.25) is 0 Å². The third-order valence-corrected chi connectivity index (χ3v) is 4.00. The number of amides is 1. The van der Waals surface area contributed by atoms with Gasteiger partial charge in [0.15, 0.2) is 0 Å². The number of carboxylic acids is 1. The molecule has 1 saturated heterocycles. The van der Waals surface area contributed by atoms with Crippen LogP contribution in [0.5, 0.6) is 0 Å². The Labute approximate surface area is 131 Å². The normalized spacial score (nSPS) is 19.6. The Morgan fingerprint density at radius 2 is 2.25 bits per heavy atom. The molecule has 1 aromatic carbocycles. The molecule has 1 aliphatic rings. The molecule has 0 bridgehead atoms. The molecule has 1 aromatic rings. The SMILES string of the molecule is O=C(CN1CCCC(C(=O)O)C1)Nc1cccc(I)c1. The number of likely N-dealkylation sites (tertiary alicyclic amines) is 1. The minimum absolute atomic E-state index is 0.0990. The second-order valence-corrected chi connectivity index (χ2v) is 6.22. The quantitative estimate of drug-likeness (QED) is 0.775. The van der Waals surface area contributed by atoms with Crippen molar-refractivity contribution in [3.05, 3.63) is 27.8 Å². The molecule has 0 radical (unpaired) electrons. The molecule has 0 spiro atoms. The largest absolute Gasteiger partial charge is 0.481 e. The number of hydrogen-bond donors (Lipinski definition) is 2. The fourth-order valence-electron chi connectivity index (χ4n) is 2.37. The summed E-state index contributed by atoms with van der Waals surface area (Å²) < 4.78 is 1.06. The van der Waals surface area contributed by atoms with Crippen molar-refractivity contribution in [3.8, 4) is 0 Å². The zero-order valence-electron chi connectivity index (χ0n) is 11.0. The topological polar surface area (TPSA) is 69.6 Å². The predicted octanol–water partition coefficient (Wildman–Crippen LogP) is 2.03. The maximum Gasteiger partial charge on any atom is 0.307 e. The molecule has 1 heterocycles. The molecule has 108 valence electrons. The lowest BCUT2D eigenvalue weighted by molar-refractivity contribution is -0.144. The number of hydrogen-bond acceptors (Lipinski definition) is 3. The number of nitrogens with one attached hydrogen (secondary N) is 1. The summed E-state index contributed by atoms with van der Waals surface area (Å²) in [6.45, 7) is 1.48. The Balaban J connectivity index is 1.86. The molecular formula is C14H17IN2O3. The molecule has 1 unspecified atom stereocenters.